The number of hydrogen-bond acceptors (Lipinski definition) is 6. The third kappa shape index (κ3) is 8.81. The molecule has 7 nitrogen and oxygen atoms in total. The highest BCUT2D eigenvalue weighted by Gasteiger charge is 2.43. The van der Waals surface area contributed by atoms with Gasteiger partial charge < -0.3 is 14.5 Å². The second-order valence-electron chi connectivity index (χ2n) is 10.7. The molecule has 1 heterocycles. The summed E-state index contributed by atoms with van der Waals surface area (Å²) in [7, 11) is -2.18. The Morgan fingerprint density at radius 1 is 1.12 bits per heavy atom. The van der Waals surface area contributed by atoms with Gasteiger partial charge in [-0.15, -0.1) is 0 Å². The highest BCUT2D eigenvalue weighted by Crippen LogP contribution is 2.38. The van der Waals surface area contributed by atoms with Crippen LogP contribution in [0.15, 0.2) is 6.20 Å². The van der Waals surface area contributed by atoms with Crippen molar-refractivity contribution in [2.75, 3.05) is 6.61 Å². The maximum atomic E-state index is 13.2. The van der Waals surface area contributed by atoms with Crippen LogP contribution < -0.4 is 5.32 Å². The van der Waals surface area contributed by atoms with Crippen LogP contribution in [0.3, 0.4) is 0 Å². The number of ether oxygens (including phenoxy) is 1. The fourth-order valence-electron chi connectivity index (χ4n) is 2.61. The van der Waals surface area contributed by atoms with Crippen molar-refractivity contribution in [1.29, 1.82) is 0 Å². The first-order valence-electron chi connectivity index (χ1n) is 10.7. The molecule has 190 valence electrons. The van der Waals surface area contributed by atoms with E-state index in [0.717, 1.165) is 0 Å². The Bertz CT molecular complexity index is 838. The third-order valence-corrected chi connectivity index (χ3v) is 10.5. The van der Waals surface area contributed by atoms with Crippen LogP contribution in [0.1, 0.15) is 74.9 Å². The summed E-state index contributed by atoms with van der Waals surface area (Å²) in [5.74, 6) is -2.06. The van der Waals surface area contributed by atoms with E-state index >= 15 is 0 Å². The molecule has 2 atom stereocenters. The van der Waals surface area contributed by atoms with Gasteiger partial charge in [0.25, 0.3) is 0 Å². The Hall–Kier alpha value is -1.22. The Morgan fingerprint density at radius 2 is 1.67 bits per heavy atom. The van der Waals surface area contributed by atoms with Crippen LogP contribution in [0.2, 0.25) is 28.4 Å². The molecule has 0 spiro atoms. The van der Waals surface area contributed by atoms with Crippen molar-refractivity contribution in [2.24, 2.45) is 5.92 Å². The first kappa shape index (κ1) is 31.8. The molecule has 0 saturated carbocycles. The third-order valence-electron chi connectivity index (χ3n) is 5.57. The molecule has 0 bridgehead atoms. The van der Waals surface area contributed by atoms with E-state index in [2.05, 4.69) is 49.1 Å². The second-order valence-corrected chi connectivity index (χ2v) is 16.3. The van der Waals surface area contributed by atoms with E-state index < -0.39 is 37.3 Å². The Morgan fingerprint density at radius 3 is 2.09 bits per heavy atom. The summed E-state index contributed by atoms with van der Waals surface area (Å²) in [5, 5.41) is 3.09. The fraction of sp³-hybridized carbons (Fsp3) is 0.739. The highest BCUT2D eigenvalue weighted by molar-refractivity contribution is 6.74. The smallest absolute Gasteiger partial charge is 0.318 e. The van der Waals surface area contributed by atoms with Gasteiger partial charge in [0.05, 0.1) is 12.8 Å². The van der Waals surface area contributed by atoms with Gasteiger partial charge in [-0.1, -0.05) is 58.3 Å². The number of carbonyl (C=O) groups is 2. The molecule has 33 heavy (non-hydrogen) atoms. The summed E-state index contributed by atoms with van der Waals surface area (Å²) in [4.78, 5) is 34.3. The van der Waals surface area contributed by atoms with Gasteiger partial charge in [0, 0.05) is 0 Å². The van der Waals surface area contributed by atoms with E-state index in [0.29, 0.717) is 5.69 Å². The lowest BCUT2D eigenvalue weighted by Crippen LogP contribution is -2.54. The van der Waals surface area contributed by atoms with Crippen molar-refractivity contribution >= 4 is 43.4 Å². The van der Waals surface area contributed by atoms with Crippen LogP contribution in [0.5, 0.6) is 0 Å². The molecule has 0 saturated heterocycles. The topological polar surface area (TPSA) is 90.4 Å². The van der Waals surface area contributed by atoms with Crippen LogP contribution in [-0.4, -0.2) is 42.4 Å². The first-order valence-corrected chi connectivity index (χ1v) is 14.4. The molecule has 10 heteroatoms. The van der Waals surface area contributed by atoms with Crippen LogP contribution in [0.4, 0.5) is 0 Å². The first-order chi connectivity index (χ1) is 14.3. The Kier molecular flexibility index (Phi) is 11.0. The second kappa shape index (κ2) is 11.5. The molecular weight excluding hydrogens is 481 g/mol. The van der Waals surface area contributed by atoms with Crippen LogP contribution in [-0.2, 0) is 24.3 Å². The van der Waals surface area contributed by atoms with Crippen LogP contribution >= 0.6 is 23.2 Å². The minimum Gasteiger partial charge on any atom is -0.459 e. The molecule has 1 aromatic heterocycles. The molecule has 0 radical (unpaired) electrons. The lowest BCUT2D eigenvalue weighted by molar-refractivity contribution is -0.163. The molecule has 1 rings (SSSR count). The van der Waals surface area contributed by atoms with Crippen molar-refractivity contribution in [2.45, 2.75) is 98.5 Å². The fourth-order valence-corrected chi connectivity index (χ4v) is 4.22. The van der Waals surface area contributed by atoms with E-state index in [1.165, 1.54) is 6.20 Å². The normalized spacial score (nSPS) is 15.2. The Labute approximate surface area is 210 Å². The van der Waals surface area contributed by atoms with E-state index in [-0.39, 0.29) is 35.8 Å². The number of amides is 1. The molecule has 1 amide bonds. The van der Waals surface area contributed by atoms with Crippen molar-refractivity contribution in [3.05, 3.63) is 22.2 Å². The largest absolute Gasteiger partial charge is 0.459 e. The van der Waals surface area contributed by atoms with Gasteiger partial charge in [-0.2, -0.15) is 0 Å². The number of nitrogens with zero attached hydrogens (tertiary/aromatic N) is 2. The zero-order valence-corrected chi connectivity index (χ0v) is 23.4. The summed E-state index contributed by atoms with van der Waals surface area (Å²) in [6.45, 7) is 19.5. The van der Waals surface area contributed by atoms with Crippen LogP contribution in [0, 0.1) is 5.92 Å². The molecule has 0 aliphatic heterocycles. The number of carbonyl (C=O) groups excluding carboxylic acids is 2. The molecule has 0 aliphatic rings. The van der Waals surface area contributed by atoms with Gasteiger partial charge in [0.1, 0.15) is 27.9 Å². The summed E-state index contributed by atoms with van der Waals surface area (Å²) in [6.07, 6.45) is 1.64. The number of hydrogen-bond donors (Lipinski definition) is 1. The number of halogens is 2. The molecule has 0 fully saturated rings. The highest BCUT2D eigenvalue weighted by atomic mass is 35.5. The average molecular weight is 523 g/mol. The maximum Gasteiger partial charge on any atom is 0.318 e. The van der Waals surface area contributed by atoms with E-state index in [1.807, 2.05) is 0 Å². The van der Waals surface area contributed by atoms with Crippen molar-refractivity contribution < 1.29 is 18.8 Å². The van der Waals surface area contributed by atoms with Crippen molar-refractivity contribution in [3.8, 4) is 0 Å². The minimum absolute atomic E-state index is 0. The van der Waals surface area contributed by atoms with E-state index in [1.54, 1.807) is 34.6 Å². The van der Waals surface area contributed by atoms with Crippen LogP contribution in [0.25, 0.3) is 0 Å². The molecular formula is C23H41Cl2N3O4Si. The SMILES string of the molecule is C.CCC(C(=O)NC(C)(CO[Si](C)(C)C(C)(C)C)c1ncc(Cl)nc1Cl)C(=O)OC(C)(C)C. The number of rotatable bonds is 8. The van der Waals surface area contributed by atoms with Crippen molar-refractivity contribution in [3.63, 3.8) is 0 Å². The quantitative estimate of drug-likeness (QED) is 0.251. The lowest BCUT2D eigenvalue weighted by atomic mass is 9.96. The van der Waals surface area contributed by atoms with Gasteiger partial charge in [-0.05, 0) is 52.2 Å². The zero-order valence-electron chi connectivity index (χ0n) is 20.9. The monoisotopic (exact) mass is 521 g/mol. The molecule has 0 aliphatic carbocycles. The summed E-state index contributed by atoms with van der Waals surface area (Å²) in [6, 6.07) is 0. The lowest BCUT2D eigenvalue weighted by Gasteiger charge is -2.40. The Balaban J connectivity index is 0.0000102. The molecule has 2 unspecified atom stereocenters. The predicted molar refractivity (Wildman–Crippen MR) is 137 cm³/mol. The zero-order chi connectivity index (χ0) is 25.1. The van der Waals surface area contributed by atoms with Gasteiger partial charge in [0.15, 0.2) is 13.5 Å². The standard InChI is InChI=1S/C22H37Cl2N3O4Si.CH4/c1-11-14(19(29)31-20(2,3)4)18(28)27-22(8,13-30-32(9,10)21(5,6)7)16-17(24)26-15(23)12-25-16;/h12,14H,11,13H2,1-10H3,(H,27,28);1H4. The van der Waals surface area contributed by atoms with E-state index in [4.69, 9.17) is 32.4 Å². The van der Waals surface area contributed by atoms with E-state index in [9.17, 15) is 9.59 Å². The molecule has 1 aromatic rings. The molecule has 1 N–H and O–H groups in total. The minimum atomic E-state index is -2.18. The predicted octanol–water partition coefficient (Wildman–Crippen LogP) is 6.14. The molecule has 0 aromatic carbocycles. The maximum absolute atomic E-state index is 13.2. The van der Waals surface area contributed by atoms with Gasteiger partial charge >= 0.3 is 5.97 Å². The summed E-state index contributed by atoms with van der Waals surface area (Å²) in [5.41, 5.74) is -1.53. The summed E-state index contributed by atoms with van der Waals surface area (Å²) < 4.78 is 11.8. The van der Waals surface area contributed by atoms with Gasteiger partial charge in [-0.25, -0.2) is 4.98 Å². The average Bonchev–Trinajstić information content (AvgIpc) is 2.58. The summed E-state index contributed by atoms with van der Waals surface area (Å²) >= 11 is 12.3. The van der Waals surface area contributed by atoms with Crippen molar-refractivity contribution in [1.82, 2.24) is 15.3 Å². The van der Waals surface area contributed by atoms with Gasteiger partial charge in [0.2, 0.25) is 5.91 Å². The number of nitrogens with one attached hydrogen (secondary N) is 1. The number of aromatic nitrogens is 2. The number of esters is 1. The van der Waals surface area contributed by atoms with Gasteiger partial charge in [-0.3, -0.25) is 14.6 Å².